The van der Waals surface area contributed by atoms with Crippen LogP contribution in [0.2, 0.25) is 0 Å². The Morgan fingerprint density at radius 2 is 1.92 bits per heavy atom. The molecule has 1 aliphatic carbocycles. The van der Waals surface area contributed by atoms with Gasteiger partial charge in [0.05, 0.1) is 0 Å². The highest BCUT2D eigenvalue weighted by Gasteiger charge is 2.15. The molecule has 1 aliphatic rings. The number of fused-ring (bicyclic) bond motifs is 1. The topological polar surface area (TPSA) is 20.2 Å². The average Bonchev–Trinajstić information content (AvgIpc) is 2.12. The molecule has 1 aromatic rings. The average molecular weight is 166 g/mol. The minimum Gasteiger partial charge on any atom is -0.505 e. The van der Waals surface area contributed by atoms with E-state index in [1.165, 1.54) is 6.07 Å². The largest absolute Gasteiger partial charge is 0.505 e. The summed E-state index contributed by atoms with van der Waals surface area (Å²) in [4.78, 5) is 0. The third kappa shape index (κ3) is 1.07. The maximum absolute atomic E-state index is 12.9. The van der Waals surface area contributed by atoms with Crippen LogP contribution >= 0.6 is 0 Å². The van der Waals surface area contributed by atoms with Gasteiger partial charge in [-0.1, -0.05) is 6.07 Å². The number of hydrogen-bond donors (Lipinski definition) is 1. The fraction of sp³-hybridized carbons (Fsp3) is 0.400. The van der Waals surface area contributed by atoms with Gasteiger partial charge in [-0.2, -0.15) is 0 Å². The first-order valence-electron chi connectivity index (χ1n) is 4.28. The number of rotatable bonds is 0. The summed E-state index contributed by atoms with van der Waals surface area (Å²) < 4.78 is 12.9. The smallest absolute Gasteiger partial charge is 0.165 e. The highest BCUT2D eigenvalue weighted by molar-refractivity contribution is 5.41. The number of phenols is 1. The SMILES string of the molecule is Oc1c(F)ccc2c1CCCC2. The Balaban J connectivity index is 2.54. The monoisotopic (exact) mass is 166 g/mol. The number of aromatic hydroxyl groups is 1. The van der Waals surface area contributed by atoms with Gasteiger partial charge in [-0.15, -0.1) is 0 Å². The molecule has 0 unspecified atom stereocenters. The zero-order valence-electron chi connectivity index (χ0n) is 6.81. The highest BCUT2D eigenvalue weighted by atomic mass is 19.1. The van der Waals surface area contributed by atoms with E-state index in [1.54, 1.807) is 6.07 Å². The van der Waals surface area contributed by atoms with Gasteiger partial charge >= 0.3 is 0 Å². The summed E-state index contributed by atoms with van der Waals surface area (Å²) in [5.74, 6) is -0.622. The van der Waals surface area contributed by atoms with Crippen LogP contribution in [-0.2, 0) is 12.8 Å². The molecule has 1 N–H and O–H groups in total. The van der Waals surface area contributed by atoms with Crippen LogP contribution in [-0.4, -0.2) is 5.11 Å². The molecule has 0 amide bonds. The van der Waals surface area contributed by atoms with Crippen molar-refractivity contribution in [3.8, 4) is 5.75 Å². The lowest BCUT2D eigenvalue weighted by molar-refractivity contribution is 0.421. The molecule has 1 aromatic carbocycles. The molecule has 0 fully saturated rings. The Morgan fingerprint density at radius 3 is 2.75 bits per heavy atom. The van der Waals surface area contributed by atoms with Gasteiger partial charge in [0.1, 0.15) is 0 Å². The molecule has 2 heteroatoms. The van der Waals surface area contributed by atoms with Crippen molar-refractivity contribution in [2.45, 2.75) is 25.7 Å². The molecular weight excluding hydrogens is 155 g/mol. The Hall–Kier alpha value is -1.05. The molecule has 0 spiro atoms. The molecule has 0 bridgehead atoms. The maximum Gasteiger partial charge on any atom is 0.165 e. The van der Waals surface area contributed by atoms with Gasteiger partial charge in [-0.05, 0) is 37.3 Å². The van der Waals surface area contributed by atoms with Crippen molar-refractivity contribution < 1.29 is 9.50 Å². The molecule has 12 heavy (non-hydrogen) atoms. The standard InChI is InChI=1S/C10H11FO/c11-9-6-5-7-3-1-2-4-8(7)10(9)12/h5-6,12H,1-4H2. The number of benzene rings is 1. The molecule has 0 saturated carbocycles. The Morgan fingerprint density at radius 1 is 1.17 bits per heavy atom. The maximum atomic E-state index is 12.9. The third-order valence-corrected chi connectivity index (χ3v) is 2.45. The van der Waals surface area contributed by atoms with Crippen LogP contribution in [0.4, 0.5) is 4.39 Å². The fourth-order valence-electron chi connectivity index (χ4n) is 1.78. The Labute approximate surface area is 70.8 Å². The molecule has 0 heterocycles. The molecule has 0 saturated heterocycles. The quantitative estimate of drug-likeness (QED) is 0.627. The van der Waals surface area contributed by atoms with Gasteiger partial charge in [0.2, 0.25) is 0 Å². The van der Waals surface area contributed by atoms with Crippen molar-refractivity contribution in [2.24, 2.45) is 0 Å². The van der Waals surface area contributed by atoms with Crippen molar-refractivity contribution in [3.05, 3.63) is 29.1 Å². The molecule has 2 rings (SSSR count). The Bertz CT molecular complexity index is 307. The second-order valence-corrected chi connectivity index (χ2v) is 3.24. The normalized spacial score (nSPS) is 15.8. The summed E-state index contributed by atoms with van der Waals surface area (Å²) in [5.41, 5.74) is 1.93. The van der Waals surface area contributed by atoms with Crippen LogP contribution in [0.3, 0.4) is 0 Å². The van der Waals surface area contributed by atoms with E-state index in [2.05, 4.69) is 0 Å². The number of hydrogen-bond acceptors (Lipinski definition) is 1. The zero-order chi connectivity index (χ0) is 8.55. The van der Waals surface area contributed by atoms with Crippen molar-refractivity contribution in [1.82, 2.24) is 0 Å². The third-order valence-electron chi connectivity index (χ3n) is 2.45. The minimum atomic E-state index is -0.490. The lowest BCUT2D eigenvalue weighted by Gasteiger charge is -2.16. The van der Waals surface area contributed by atoms with Crippen LogP contribution < -0.4 is 0 Å². The lowest BCUT2D eigenvalue weighted by atomic mass is 9.91. The van der Waals surface area contributed by atoms with E-state index in [1.807, 2.05) is 0 Å². The summed E-state index contributed by atoms with van der Waals surface area (Å²) in [6, 6.07) is 3.13. The molecular formula is C10H11FO. The highest BCUT2D eigenvalue weighted by Crippen LogP contribution is 2.30. The minimum absolute atomic E-state index is 0.132. The van der Waals surface area contributed by atoms with Crippen LogP contribution in [0.15, 0.2) is 12.1 Å². The second-order valence-electron chi connectivity index (χ2n) is 3.24. The molecule has 1 nitrogen and oxygen atoms in total. The first-order chi connectivity index (χ1) is 5.79. The van der Waals surface area contributed by atoms with E-state index in [0.29, 0.717) is 0 Å². The summed E-state index contributed by atoms with van der Waals surface area (Å²) in [6.45, 7) is 0. The molecule has 0 radical (unpaired) electrons. The van der Waals surface area contributed by atoms with E-state index in [9.17, 15) is 9.50 Å². The lowest BCUT2D eigenvalue weighted by Crippen LogP contribution is -2.03. The first-order valence-corrected chi connectivity index (χ1v) is 4.28. The first kappa shape index (κ1) is 7.59. The summed E-state index contributed by atoms with van der Waals surface area (Å²) in [7, 11) is 0. The van der Waals surface area contributed by atoms with Gasteiger partial charge in [-0.25, -0.2) is 4.39 Å². The van der Waals surface area contributed by atoms with Crippen LogP contribution in [0.1, 0.15) is 24.0 Å². The number of phenolic OH excluding ortho intramolecular Hbond substituents is 1. The Kier molecular flexibility index (Phi) is 1.75. The van der Waals surface area contributed by atoms with Gasteiger partial charge in [0.15, 0.2) is 11.6 Å². The summed E-state index contributed by atoms with van der Waals surface area (Å²) >= 11 is 0. The van der Waals surface area contributed by atoms with Crippen LogP contribution in [0, 0.1) is 5.82 Å². The van der Waals surface area contributed by atoms with E-state index >= 15 is 0 Å². The molecule has 0 aliphatic heterocycles. The predicted molar refractivity (Wildman–Crippen MR) is 44.7 cm³/mol. The molecule has 64 valence electrons. The van der Waals surface area contributed by atoms with Gasteiger partial charge in [0.25, 0.3) is 0 Å². The van der Waals surface area contributed by atoms with Gasteiger partial charge < -0.3 is 5.11 Å². The van der Waals surface area contributed by atoms with E-state index in [0.717, 1.165) is 36.8 Å². The van der Waals surface area contributed by atoms with E-state index in [4.69, 9.17) is 0 Å². The van der Waals surface area contributed by atoms with Crippen molar-refractivity contribution in [2.75, 3.05) is 0 Å². The second kappa shape index (κ2) is 2.77. The molecule has 0 atom stereocenters. The number of aryl methyl sites for hydroxylation is 1. The van der Waals surface area contributed by atoms with Crippen molar-refractivity contribution in [1.29, 1.82) is 0 Å². The fourth-order valence-corrected chi connectivity index (χ4v) is 1.78. The van der Waals surface area contributed by atoms with Crippen molar-refractivity contribution in [3.63, 3.8) is 0 Å². The van der Waals surface area contributed by atoms with E-state index in [-0.39, 0.29) is 5.75 Å². The van der Waals surface area contributed by atoms with Gasteiger partial charge in [0, 0.05) is 5.56 Å². The summed E-state index contributed by atoms with van der Waals surface area (Å²) in [6.07, 6.45) is 4.00. The van der Waals surface area contributed by atoms with Gasteiger partial charge in [-0.3, -0.25) is 0 Å². The van der Waals surface area contributed by atoms with Crippen LogP contribution in [0.5, 0.6) is 5.75 Å². The summed E-state index contributed by atoms with van der Waals surface area (Å²) in [5, 5.41) is 9.37. The number of halogens is 1. The molecule has 0 aromatic heterocycles. The van der Waals surface area contributed by atoms with Crippen LogP contribution in [0.25, 0.3) is 0 Å². The van der Waals surface area contributed by atoms with E-state index < -0.39 is 5.82 Å². The predicted octanol–water partition coefficient (Wildman–Crippen LogP) is 2.41. The zero-order valence-corrected chi connectivity index (χ0v) is 6.81. The van der Waals surface area contributed by atoms with Crippen molar-refractivity contribution >= 4 is 0 Å².